The standard InChI is InChI=1S/C16H23N3O4S/c1-12-3-4-13(9-15(12)19-6-2-8-24(19,21)22)18-16(20)10-14-11-23-7-5-17-14/h3-4,9,14,17H,2,5-8,10-11H2,1H3,(H,18,20). The summed E-state index contributed by atoms with van der Waals surface area (Å²) in [5, 5.41) is 6.09. The van der Waals surface area contributed by atoms with Gasteiger partial charge in [0, 0.05) is 31.2 Å². The quantitative estimate of drug-likeness (QED) is 0.838. The topological polar surface area (TPSA) is 87.7 Å². The second kappa shape index (κ2) is 7.08. The van der Waals surface area contributed by atoms with E-state index >= 15 is 0 Å². The Morgan fingerprint density at radius 1 is 1.46 bits per heavy atom. The van der Waals surface area contributed by atoms with E-state index in [1.807, 2.05) is 13.0 Å². The average molecular weight is 353 g/mol. The van der Waals surface area contributed by atoms with E-state index in [-0.39, 0.29) is 17.7 Å². The third kappa shape index (κ3) is 3.88. The zero-order valence-corrected chi connectivity index (χ0v) is 14.6. The van der Waals surface area contributed by atoms with Crippen molar-refractivity contribution in [3.05, 3.63) is 23.8 Å². The van der Waals surface area contributed by atoms with E-state index in [4.69, 9.17) is 4.74 Å². The molecule has 2 heterocycles. The Hall–Kier alpha value is -1.64. The highest BCUT2D eigenvalue weighted by molar-refractivity contribution is 7.93. The number of hydrogen-bond donors (Lipinski definition) is 2. The number of carbonyl (C=O) groups excluding carboxylic acids is 1. The Morgan fingerprint density at radius 2 is 2.29 bits per heavy atom. The Labute approximate surface area is 142 Å². The highest BCUT2D eigenvalue weighted by atomic mass is 32.2. The van der Waals surface area contributed by atoms with Crippen molar-refractivity contribution in [1.29, 1.82) is 0 Å². The summed E-state index contributed by atoms with van der Waals surface area (Å²) in [5.74, 6) is 0.0631. The fraction of sp³-hybridized carbons (Fsp3) is 0.562. The van der Waals surface area contributed by atoms with Crippen LogP contribution in [0.15, 0.2) is 18.2 Å². The van der Waals surface area contributed by atoms with Crippen molar-refractivity contribution in [2.45, 2.75) is 25.8 Å². The van der Waals surface area contributed by atoms with E-state index in [2.05, 4.69) is 10.6 Å². The first-order valence-corrected chi connectivity index (χ1v) is 9.79. The Bertz CT molecular complexity index is 714. The van der Waals surface area contributed by atoms with E-state index < -0.39 is 10.0 Å². The number of anilines is 2. The normalized spacial score (nSPS) is 23.2. The number of sulfonamides is 1. The smallest absolute Gasteiger partial charge is 0.235 e. The van der Waals surface area contributed by atoms with Crippen LogP contribution in [0.5, 0.6) is 0 Å². The zero-order valence-electron chi connectivity index (χ0n) is 13.7. The van der Waals surface area contributed by atoms with E-state index in [9.17, 15) is 13.2 Å². The molecule has 2 aliphatic rings. The van der Waals surface area contributed by atoms with Crippen LogP contribution in [0, 0.1) is 6.92 Å². The summed E-state index contributed by atoms with van der Waals surface area (Å²) in [4.78, 5) is 12.2. The lowest BCUT2D eigenvalue weighted by Crippen LogP contribution is -2.43. The number of ether oxygens (including phenoxy) is 1. The van der Waals surface area contributed by atoms with Crippen LogP contribution in [0.1, 0.15) is 18.4 Å². The van der Waals surface area contributed by atoms with Crippen molar-refractivity contribution < 1.29 is 17.9 Å². The molecule has 1 unspecified atom stereocenters. The molecule has 1 amide bonds. The predicted octanol–water partition coefficient (Wildman–Crippen LogP) is 0.852. The van der Waals surface area contributed by atoms with Gasteiger partial charge >= 0.3 is 0 Å². The van der Waals surface area contributed by atoms with E-state index in [0.717, 1.165) is 12.1 Å². The van der Waals surface area contributed by atoms with Crippen molar-refractivity contribution in [3.8, 4) is 0 Å². The SMILES string of the molecule is Cc1ccc(NC(=O)CC2COCCN2)cc1N1CCCS1(=O)=O. The van der Waals surface area contributed by atoms with E-state index in [1.54, 1.807) is 12.1 Å². The van der Waals surface area contributed by atoms with Gasteiger partial charge in [-0.15, -0.1) is 0 Å². The third-order valence-electron chi connectivity index (χ3n) is 4.29. The lowest BCUT2D eigenvalue weighted by atomic mass is 10.1. The number of benzene rings is 1. The molecule has 132 valence electrons. The first-order chi connectivity index (χ1) is 11.5. The van der Waals surface area contributed by atoms with Gasteiger partial charge in [0.15, 0.2) is 0 Å². The number of amides is 1. The number of nitrogens with one attached hydrogen (secondary N) is 2. The van der Waals surface area contributed by atoms with Crippen LogP contribution in [0.25, 0.3) is 0 Å². The molecule has 7 nitrogen and oxygen atoms in total. The number of morpholine rings is 1. The summed E-state index contributed by atoms with van der Waals surface area (Å²) in [5.41, 5.74) is 2.13. The van der Waals surface area contributed by atoms with Gasteiger partial charge in [0.25, 0.3) is 0 Å². The minimum atomic E-state index is -3.24. The summed E-state index contributed by atoms with van der Waals surface area (Å²) in [6.07, 6.45) is 0.955. The van der Waals surface area contributed by atoms with Crippen molar-refractivity contribution in [3.63, 3.8) is 0 Å². The summed E-state index contributed by atoms with van der Waals surface area (Å²) < 4.78 is 31.0. The van der Waals surface area contributed by atoms with Crippen molar-refractivity contribution >= 4 is 27.3 Å². The molecule has 1 aromatic rings. The fourth-order valence-corrected chi connectivity index (χ4v) is 4.67. The second-order valence-electron chi connectivity index (χ2n) is 6.22. The van der Waals surface area contributed by atoms with Gasteiger partial charge in [0.2, 0.25) is 15.9 Å². The maximum absolute atomic E-state index is 12.2. The summed E-state index contributed by atoms with van der Waals surface area (Å²) in [6, 6.07) is 5.38. The first kappa shape index (κ1) is 17.2. The molecular formula is C16H23N3O4S. The van der Waals surface area contributed by atoms with Crippen LogP contribution in [0.4, 0.5) is 11.4 Å². The summed E-state index contributed by atoms with van der Waals surface area (Å²) >= 11 is 0. The van der Waals surface area contributed by atoms with Crippen molar-refractivity contribution in [2.75, 3.05) is 41.7 Å². The molecule has 0 aromatic heterocycles. The van der Waals surface area contributed by atoms with E-state index in [1.165, 1.54) is 4.31 Å². The molecule has 0 spiro atoms. The molecule has 1 aromatic carbocycles. The molecule has 2 aliphatic heterocycles. The molecule has 2 fully saturated rings. The zero-order chi connectivity index (χ0) is 17.2. The van der Waals surface area contributed by atoms with Gasteiger partial charge in [-0.2, -0.15) is 0 Å². The maximum atomic E-state index is 12.2. The van der Waals surface area contributed by atoms with Gasteiger partial charge in [0.1, 0.15) is 0 Å². The Kier molecular flexibility index (Phi) is 5.07. The molecule has 0 bridgehead atoms. The van der Waals surface area contributed by atoms with Gasteiger partial charge < -0.3 is 15.4 Å². The molecule has 0 saturated carbocycles. The van der Waals surface area contributed by atoms with Gasteiger partial charge in [-0.25, -0.2) is 8.42 Å². The predicted molar refractivity (Wildman–Crippen MR) is 92.8 cm³/mol. The molecule has 0 aliphatic carbocycles. The monoisotopic (exact) mass is 353 g/mol. The minimum Gasteiger partial charge on any atom is -0.378 e. The van der Waals surface area contributed by atoms with Crippen molar-refractivity contribution in [2.24, 2.45) is 0 Å². The van der Waals surface area contributed by atoms with Gasteiger partial charge in [-0.1, -0.05) is 6.07 Å². The average Bonchev–Trinajstić information content (AvgIpc) is 2.89. The summed E-state index contributed by atoms with van der Waals surface area (Å²) in [7, 11) is -3.24. The van der Waals surface area contributed by atoms with Crippen LogP contribution < -0.4 is 14.9 Å². The Balaban J connectivity index is 1.70. The number of carbonyl (C=O) groups is 1. The highest BCUT2D eigenvalue weighted by Gasteiger charge is 2.29. The molecule has 3 rings (SSSR count). The van der Waals surface area contributed by atoms with Crippen LogP contribution in [0.3, 0.4) is 0 Å². The fourth-order valence-electron chi connectivity index (χ4n) is 3.05. The Morgan fingerprint density at radius 3 is 2.96 bits per heavy atom. The lowest BCUT2D eigenvalue weighted by Gasteiger charge is -2.23. The molecule has 2 N–H and O–H groups in total. The van der Waals surface area contributed by atoms with Gasteiger partial charge in [-0.3, -0.25) is 9.10 Å². The van der Waals surface area contributed by atoms with Gasteiger partial charge in [0.05, 0.1) is 24.7 Å². The van der Waals surface area contributed by atoms with Crippen LogP contribution >= 0.6 is 0 Å². The molecule has 0 radical (unpaired) electrons. The van der Waals surface area contributed by atoms with Gasteiger partial charge in [-0.05, 0) is 31.0 Å². The van der Waals surface area contributed by atoms with E-state index in [0.29, 0.717) is 44.0 Å². The second-order valence-corrected chi connectivity index (χ2v) is 8.23. The molecule has 8 heteroatoms. The van der Waals surface area contributed by atoms with Crippen molar-refractivity contribution in [1.82, 2.24) is 5.32 Å². The largest absolute Gasteiger partial charge is 0.378 e. The number of aryl methyl sites for hydroxylation is 1. The highest BCUT2D eigenvalue weighted by Crippen LogP contribution is 2.30. The molecular weight excluding hydrogens is 330 g/mol. The minimum absolute atomic E-state index is 0.0163. The number of nitrogens with zero attached hydrogens (tertiary/aromatic N) is 1. The third-order valence-corrected chi connectivity index (χ3v) is 6.15. The maximum Gasteiger partial charge on any atom is 0.235 e. The number of rotatable bonds is 4. The summed E-state index contributed by atoms with van der Waals surface area (Å²) in [6.45, 7) is 4.31. The molecule has 2 saturated heterocycles. The van der Waals surface area contributed by atoms with Crippen LogP contribution in [0.2, 0.25) is 0 Å². The molecule has 1 atom stereocenters. The van der Waals surface area contributed by atoms with Crippen LogP contribution in [-0.4, -0.2) is 52.4 Å². The van der Waals surface area contributed by atoms with Crippen LogP contribution in [-0.2, 0) is 19.6 Å². The first-order valence-electron chi connectivity index (χ1n) is 8.18. The molecule has 24 heavy (non-hydrogen) atoms. The lowest BCUT2D eigenvalue weighted by molar-refractivity contribution is -0.117. The number of hydrogen-bond acceptors (Lipinski definition) is 5.